The van der Waals surface area contributed by atoms with Gasteiger partial charge in [0.15, 0.2) is 0 Å². The Kier molecular flexibility index (Phi) is 3.16. The zero-order valence-corrected chi connectivity index (χ0v) is 8.56. The van der Waals surface area contributed by atoms with E-state index in [1.165, 1.54) is 0 Å². The Morgan fingerprint density at radius 2 is 2.25 bits per heavy atom. The summed E-state index contributed by atoms with van der Waals surface area (Å²) >= 11 is 9.19. The van der Waals surface area contributed by atoms with Crippen LogP contribution in [0.4, 0.5) is 0 Å². The molecule has 0 spiro atoms. The molecule has 62 valence electrons. The van der Waals surface area contributed by atoms with Crippen LogP contribution in [0.5, 0.6) is 0 Å². The van der Waals surface area contributed by atoms with Crippen LogP contribution in [-0.4, -0.2) is 0 Å². The standard InChI is InChI=1S/C9H7BrClN/c1-2-9(12)7-4-3-6(10)5-8(7)11/h1,3-5,9H,12H2. The van der Waals surface area contributed by atoms with Crippen molar-refractivity contribution < 1.29 is 0 Å². The minimum Gasteiger partial charge on any atom is -0.314 e. The third kappa shape index (κ3) is 2.01. The number of nitrogens with two attached hydrogens (primary N) is 1. The Morgan fingerprint density at radius 1 is 1.58 bits per heavy atom. The van der Waals surface area contributed by atoms with Crippen LogP contribution in [0.15, 0.2) is 22.7 Å². The maximum absolute atomic E-state index is 5.90. The van der Waals surface area contributed by atoms with E-state index in [4.69, 9.17) is 23.8 Å². The van der Waals surface area contributed by atoms with Crippen molar-refractivity contribution in [1.29, 1.82) is 0 Å². The third-order valence-electron chi connectivity index (χ3n) is 1.48. The molecule has 2 N–H and O–H groups in total. The van der Waals surface area contributed by atoms with Crippen molar-refractivity contribution in [2.75, 3.05) is 0 Å². The maximum atomic E-state index is 5.90. The lowest BCUT2D eigenvalue weighted by molar-refractivity contribution is 0.946. The summed E-state index contributed by atoms with van der Waals surface area (Å²) in [6.45, 7) is 0. The Morgan fingerprint density at radius 3 is 2.75 bits per heavy atom. The molecule has 0 bridgehead atoms. The molecule has 0 aliphatic heterocycles. The predicted octanol–water partition coefficient (Wildman–Crippen LogP) is 2.74. The summed E-state index contributed by atoms with van der Waals surface area (Å²) < 4.78 is 0.917. The minimum atomic E-state index is -0.425. The van der Waals surface area contributed by atoms with Gasteiger partial charge in [0.05, 0.1) is 6.04 Å². The molecule has 12 heavy (non-hydrogen) atoms. The SMILES string of the molecule is C#CC(N)c1ccc(Br)cc1Cl. The van der Waals surface area contributed by atoms with Crippen LogP contribution < -0.4 is 5.73 Å². The Balaban J connectivity index is 3.11. The fraction of sp³-hybridized carbons (Fsp3) is 0.111. The first-order valence-corrected chi connectivity index (χ1v) is 4.49. The van der Waals surface area contributed by atoms with Crippen molar-refractivity contribution in [2.24, 2.45) is 5.73 Å². The summed E-state index contributed by atoms with van der Waals surface area (Å²) in [6.07, 6.45) is 5.17. The topological polar surface area (TPSA) is 26.0 Å². The van der Waals surface area contributed by atoms with Gasteiger partial charge in [-0.15, -0.1) is 6.42 Å². The molecule has 0 radical (unpaired) electrons. The van der Waals surface area contributed by atoms with Crippen LogP contribution in [0.1, 0.15) is 11.6 Å². The fourth-order valence-electron chi connectivity index (χ4n) is 0.844. The zero-order chi connectivity index (χ0) is 9.14. The molecule has 0 saturated heterocycles. The fourth-order valence-corrected chi connectivity index (χ4v) is 1.63. The Labute approximate surface area is 85.0 Å². The molecule has 1 unspecified atom stereocenters. The molecule has 0 aromatic heterocycles. The van der Waals surface area contributed by atoms with E-state index in [0.717, 1.165) is 10.0 Å². The lowest BCUT2D eigenvalue weighted by atomic mass is 10.1. The van der Waals surface area contributed by atoms with Gasteiger partial charge in [0.25, 0.3) is 0 Å². The normalized spacial score (nSPS) is 12.2. The van der Waals surface area contributed by atoms with E-state index >= 15 is 0 Å². The van der Waals surface area contributed by atoms with Gasteiger partial charge in [0.1, 0.15) is 0 Å². The summed E-state index contributed by atoms with van der Waals surface area (Å²) in [7, 11) is 0. The molecule has 0 heterocycles. The molecule has 1 atom stereocenters. The first-order valence-electron chi connectivity index (χ1n) is 3.32. The van der Waals surface area contributed by atoms with Gasteiger partial charge in [-0.25, -0.2) is 0 Å². The van der Waals surface area contributed by atoms with Gasteiger partial charge >= 0.3 is 0 Å². The average molecular weight is 245 g/mol. The quantitative estimate of drug-likeness (QED) is 0.755. The number of halogens is 2. The highest BCUT2D eigenvalue weighted by Crippen LogP contribution is 2.24. The van der Waals surface area contributed by atoms with Gasteiger partial charge in [-0.3, -0.25) is 0 Å². The lowest BCUT2D eigenvalue weighted by Gasteiger charge is -2.06. The zero-order valence-electron chi connectivity index (χ0n) is 6.22. The number of rotatable bonds is 1. The molecular formula is C9H7BrClN. The molecule has 0 aliphatic carbocycles. The van der Waals surface area contributed by atoms with Crippen LogP contribution in [0, 0.1) is 12.3 Å². The molecule has 1 aromatic carbocycles. The van der Waals surface area contributed by atoms with Gasteiger partial charge in [0, 0.05) is 9.50 Å². The van der Waals surface area contributed by atoms with Gasteiger partial charge in [-0.2, -0.15) is 0 Å². The van der Waals surface area contributed by atoms with E-state index in [-0.39, 0.29) is 0 Å². The summed E-state index contributed by atoms with van der Waals surface area (Å²) in [5.74, 6) is 2.42. The minimum absolute atomic E-state index is 0.425. The molecule has 3 heteroatoms. The third-order valence-corrected chi connectivity index (χ3v) is 2.30. The monoisotopic (exact) mass is 243 g/mol. The molecule has 0 fully saturated rings. The highest BCUT2D eigenvalue weighted by molar-refractivity contribution is 9.10. The van der Waals surface area contributed by atoms with Crippen molar-refractivity contribution in [2.45, 2.75) is 6.04 Å². The molecular weight excluding hydrogens is 237 g/mol. The lowest BCUT2D eigenvalue weighted by Crippen LogP contribution is -2.07. The van der Waals surface area contributed by atoms with E-state index in [2.05, 4.69) is 21.9 Å². The first-order chi connectivity index (χ1) is 5.65. The van der Waals surface area contributed by atoms with E-state index in [1.807, 2.05) is 12.1 Å². The van der Waals surface area contributed by atoms with Crippen LogP contribution in [-0.2, 0) is 0 Å². The second-order valence-electron chi connectivity index (χ2n) is 2.31. The molecule has 1 nitrogen and oxygen atoms in total. The predicted molar refractivity (Wildman–Crippen MR) is 54.9 cm³/mol. The van der Waals surface area contributed by atoms with Gasteiger partial charge in [-0.1, -0.05) is 39.5 Å². The summed E-state index contributed by atoms with van der Waals surface area (Å²) in [4.78, 5) is 0. The van der Waals surface area contributed by atoms with Crippen molar-refractivity contribution >= 4 is 27.5 Å². The van der Waals surface area contributed by atoms with E-state index < -0.39 is 6.04 Å². The van der Waals surface area contributed by atoms with Crippen LogP contribution >= 0.6 is 27.5 Å². The largest absolute Gasteiger partial charge is 0.314 e. The van der Waals surface area contributed by atoms with Crippen molar-refractivity contribution in [3.63, 3.8) is 0 Å². The van der Waals surface area contributed by atoms with Gasteiger partial charge < -0.3 is 5.73 Å². The van der Waals surface area contributed by atoms with Crippen LogP contribution in [0.3, 0.4) is 0 Å². The van der Waals surface area contributed by atoms with Gasteiger partial charge in [0.2, 0.25) is 0 Å². The van der Waals surface area contributed by atoms with E-state index in [9.17, 15) is 0 Å². The summed E-state index contributed by atoms with van der Waals surface area (Å²) in [6, 6.07) is 5.02. The van der Waals surface area contributed by atoms with E-state index in [1.54, 1.807) is 6.07 Å². The van der Waals surface area contributed by atoms with Crippen molar-refractivity contribution in [3.8, 4) is 12.3 Å². The van der Waals surface area contributed by atoms with Crippen molar-refractivity contribution in [1.82, 2.24) is 0 Å². The first kappa shape index (κ1) is 9.60. The van der Waals surface area contributed by atoms with Gasteiger partial charge in [-0.05, 0) is 17.7 Å². The molecule has 0 aliphatic rings. The highest BCUT2D eigenvalue weighted by Gasteiger charge is 2.06. The summed E-state index contributed by atoms with van der Waals surface area (Å²) in [5.41, 5.74) is 6.39. The average Bonchev–Trinajstić information content (AvgIpc) is 2.03. The highest BCUT2D eigenvalue weighted by atomic mass is 79.9. The number of benzene rings is 1. The number of terminal acetylenes is 1. The molecule has 1 rings (SSSR count). The molecule has 0 amide bonds. The summed E-state index contributed by atoms with van der Waals surface area (Å²) in [5, 5.41) is 0.592. The Hall–Kier alpha value is -0.490. The molecule has 1 aromatic rings. The van der Waals surface area contributed by atoms with Crippen LogP contribution in [0.25, 0.3) is 0 Å². The Bertz CT molecular complexity index is 330. The van der Waals surface area contributed by atoms with E-state index in [0.29, 0.717) is 5.02 Å². The van der Waals surface area contributed by atoms with Crippen LogP contribution in [0.2, 0.25) is 5.02 Å². The molecule has 0 saturated carbocycles. The van der Waals surface area contributed by atoms with Crippen molar-refractivity contribution in [3.05, 3.63) is 33.3 Å². The maximum Gasteiger partial charge on any atom is 0.0932 e. The second kappa shape index (κ2) is 3.95. The number of hydrogen-bond acceptors (Lipinski definition) is 1. The number of hydrogen-bond donors (Lipinski definition) is 1. The smallest absolute Gasteiger partial charge is 0.0932 e. The second-order valence-corrected chi connectivity index (χ2v) is 3.63.